The molecule has 2 aromatic carbocycles. The Morgan fingerprint density at radius 2 is 1.55 bits per heavy atom. The molecule has 0 amide bonds. The van der Waals surface area contributed by atoms with Crippen molar-refractivity contribution in [1.29, 1.82) is 0 Å². The second kappa shape index (κ2) is 7.34. The number of rotatable bonds is 6. The van der Waals surface area contributed by atoms with Gasteiger partial charge in [-0.2, -0.15) is 13.2 Å². The highest BCUT2D eigenvalue weighted by atomic mass is 19.4. The predicted octanol–water partition coefficient (Wildman–Crippen LogP) is 5.16. The Labute approximate surface area is 129 Å². The maximum Gasteiger partial charge on any atom is 0.416 e. The molecule has 0 aliphatic carbocycles. The zero-order valence-electron chi connectivity index (χ0n) is 12.6. The molecule has 0 N–H and O–H groups in total. The van der Waals surface area contributed by atoms with Crippen molar-refractivity contribution in [2.24, 2.45) is 0 Å². The van der Waals surface area contributed by atoms with E-state index in [9.17, 15) is 13.2 Å². The van der Waals surface area contributed by atoms with E-state index < -0.39 is 11.7 Å². The summed E-state index contributed by atoms with van der Waals surface area (Å²) in [6.07, 6.45) is -2.33. The molecular weight excluding hydrogens is 287 g/mol. The van der Waals surface area contributed by atoms with Crippen LogP contribution in [-0.2, 0) is 12.6 Å². The highest BCUT2D eigenvalue weighted by molar-refractivity contribution is 5.47. The number of aryl methyl sites for hydroxylation is 1. The van der Waals surface area contributed by atoms with Crippen LogP contribution in [0.3, 0.4) is 0 Å². The van der Waals surface area contributed by atoms with Gasteiger partial charge in [0, 0.05) is 18.8 Å². The fraction of sp³-hybridized carbons (Fsp3) is 0.333. The van der Waals surface area contributed by atoms with Crippen LogP contribution >= 0.6 is 0 Å². The molecule has 2 rings (SSSR count). The summed E-state index contributed by atoms with van der Waals surface area (Å²) in [6.45, 7) is 3.62. The van der Waals surface area contributed by atoms with Gasteiger partial charge in [-0.3, -0.25) is 0 Å². The Balaban J connectivity index is 1.93. The quantitative estimate of drug-likeness (QED) is 0.712. The van der Waals surface area contributed by atoms with Gasteiger partial charge in [-0.25, -0.2) is 0 Å². The summed E-state index contributed by atoms with van der Waals surface area (Å²) in [7, 11) is 0. The van der Waals surface area contributed by atoms with Gasteiger partial charge < -0.3 is 4.90 Å². The molecule has 22 heavy (non-hydrogen) atoms. The van der Waals surface area contributed by atoms with Crippen LogP contribution in [0.2, 0.25) is 0 Å². The fourth-order valence-corrected chi connectivity index (χ4v) is 2.45. The summed E-state index contributed by atoms with van der Waals surface area (Å²) in [5.74, 6) is 0. The molecule has 0 saturated carbocycles. The van der Waals surface area contributed by atoms with E-state index in [1.807, 2.05) is 25.1 Å². The molecule has 0 fully saturated rings. The lowest BCUT2D eigenvalue weighted by molar-refractivity contribution is -0.137. The van der Waals surface area contributed by atoms with Crippen molar-refractivity contribution in [3.63, 3.8) is 0 Å². The predicted molar refractivity (Wildman–Crippen MR) is 84.1 cm³/mol. The zero-order chi connectivity index (χ0) is 16.0. The largest absolute Gasteiger partial charge is 0.416 e. The zero-order valence-corrected chi connectivity index (χ0v) is 12.6. The Hall–Kier alpha value is -1.97. The van der Waals surface area contributed by atoms with Gasteiger partial charge in [0.25, 0.3) is 0 Å². The lowest BCUT2D eigenvalue weighted by atomic mass is 10.1. The van der Waals surface area contributed by atoms with E-state index in [0.29, 0.717) is 0 Å². The second-order valence-electron chi connectivity index (χ2n) is 5.21. The number of halogens is 3. The van der Waals surface area contributed by atoms with Gasteiger partial charge in [-0.15, -0.1) is 0 Å². The van der Waals surface area contributed by atoms with Crippen LogP contribution in [-0.4, -0.2) is 13.1 Å². The third kappa shape index (κ3) is 4.52. The van der Waals surface area contributed by atoms with Crippen molar-refractivity contribution in [3.8, 4) is 0 Å². The molecule has 4 heteroatoms. The van der Waals surface area contributed by atoms with Crippen molar-refractivity contribution in [2.45, 2.75) is 25.9 Å². The molecular formula is C18H20F3N. The minimum atomic E-state index is -4.27. The average molecular weight is 307 g/mol. The van der Waals surface area contributed by atoms with Crippen molar-refractivity contribution in [3.05, 3.63) is 65.7 Å². The van der Waals surface area contributed by atoms with Crippen LogP contribution in [0.1, 0.15) is 24.5 Å². The number of nitrogens with zero attached hydrogens (tertiary/aromatic N) is 1. The maximum absolute atomic E-state index is 12.6. The molecule has 2 aromatic rings. The number of benzene rings is 2. The molecule has 118 valence electrons. The molecule has 0 aromatic heterocycles. The average Bonchev–Trinajstić information content (AvgIpc) is 2.52. The highest BCUT2D eigenvalue weighted by Crippen LogP contribution is 2.30. The van der Waals surface area contributed by atoms with Gasteiger partial charge in [-0.05, 0) is 49.6 Å². The Morgan fingerprint density at radius 3 is 2.09 bits per heavy atom. The Kier molecular flexibility index (Phi) is 5.47. The van der Waals surface area contributed by atoms with Gasteiger partial charge in [0.2, 0.25) is 0 Å². The first-order valence-corrected chi connectivity index (χ1v) is 7.47. The van der Waals surface area contributed by atoms with Crippen molar-refractivity contribution in [1.82, 2.24) is 0 Å². The lowest BCUT2D eigenvalue weighted by Gasteiger charge is -2.23. The second-order valence-corrected chi connectivity index (χ2v) is 5.21. The Bertz CT molecular complexity index is 561. The summed E-state index contributed by atoms with van der Waals surface area (Å²) in [6, 6.07) is 15.6. The first-order valence-electron chi connectivity index (χ1n) is 7.47. The van der Waals surface area contributed by atoms with Gasteiger partial charge in [-0.1, -0.05) is 30.3 Å². The van der Waals surface area contributed by atoms with E-state index in [4.69, 9.17) is 0 Å². The van der Waals surface area contributed by atoms with E-state index in [2.05, 4.69) is 17.0 Å². The SMILES string of the molecule is CCN(CCCc1ccccc1)c1ccc(C(F)(F)F)cc1. The molecule has 0 heterocycles. The number of anilines is 1. The molecule has 0 unspecified atom stereocenters. The molecule has 0 saturated heterocycles. The normalized spacial score (nSPS) is 11.5. The van der Waals surface area contributed by atoms with Crippen molar-refractivity contribution >= 4 is 5.69 Å². The third-order valence-electron chi connectivity index (χ3n) is 3.68. The van der Waals surface area contributed by atoms with E-state index in [1.165, 1.54) is 5.56 Å². The van der Waals surface area contributed by atoms with Gasteiger partial charge in [0.15, 0.2) is 0 Å². The van der Waals surface area contributed by atoms with Crippen LogP contribution in [0.4, 0.5) is 18.9 Å². The van der Waals surface area contributed by atoms with Crippen LogP contribution in [0.5, 0.6) is 0 Å². The standard InChI is InChI=1S/C18H20F3N/c1-2-22(14-6-9-15-7-4-3-5-8-15)17-12-10-16(11-13-17)18(19,20)21/h3-5,7-8,10-13H,2,6,9,14H2,1H3. The summed E-state index contributed by atoms with van der Waals surface area (Å²) in [4.78, 5) is 2.10. The van der Waals surface area contributed by atoms with Gasteiger partial charge in [0.05, 0.1) is 5.56 Å². The topological polar surface area (TPSA) is 3.24 Å². The summed E-state index contributed by atoms with van der Waals surface area (Å²) < 4.78 is 37.7. The van der Waals surface area contributed by atoms with E-state index in [0.717, 1.165) is 43.8 Å². The molecule has 0 radical (unpaired) electrons. The molecule has 0 aliphatic rings. The maximum atomic E-state index is 12.6. The minimum Gasteiger partial charge on any atom is -0.372 e. The fourth-order valence-electron chi connectivity index (χ4n) is 2.45. The Morgan fingerprint density at radius 1 is 0.909 bits per heavy atom. The monoisotopic (exact) mass is 307 g/mol. The smallest absolute Gasteiger partial charge is 0.372 e. The van der Waals surface area contributed by atoms with E-state index >= 15 is 0 Å². The molecule has 1 nitrogen and oxygen atoms in total. The van der Waals surface area contributed by atoms with Crippen LogP contribution < -0.4 is 4.90 Å². The molecule has 0 bridgehead atoms. The van der Waals surface area contributed by atoms with Crippen LogP contribution in [0.15, 0.2) is 54.6 Å². The summed E-state index contributed by atoms with van der Waals surface area (Å²) in [5.41, 5.74) is 1.52. The molecule has 0 aliphatic heterocycles. The molecule has 0 spiro atoms. The first-order chi connectivity index (χ1) is 10.5. The summed E-state index contributed by atoms with van der Waals surface area (Å²) >= 11 is 0. The lowest BCUT2D eigenvalue weighted by Crippen LogP contribution is -2.24. The molecule has 0 atom stereocenters. The van der Waals surface area contributed by atoms with Crippen LogP contribution in [0.25, 0.3) is 0 Å². The van der Waals surface area contributed by atoms with Gasteiger partial charge in [0.1, 0.15) is 0 Å². The van der Waals surface area contributed by atoms with Crippen LogP contribution in [0, 0.1) is 0 Å². The van der Waals surface area contributed by atoms with E-state index in [1.54, 1.807) is 12.1 Å². The summed E-state index contributed by atoms with van der Waals surface area (Å²) in [5, 5.41) is 0. The highest BCUT2D eigenvalue weighted by Gasteiger charge is 2.30. The van der Waals surface area contributed by atoms with Gasteiger partial charge >= 0.3 is 6.18 Å². The number of hydrogen-bond donors (Lipinski definition) is 0. The number of hydrogen-bond acceptors (Lipinski definition) is 1. The number of alkyl halides is 3. The van der Waals surface area contributed by atoms with Crippen molar-refractivity contribution < 1.29 is 13.2 Å². The van der Waals surface area contributed by atoms with E-state index in [-0.39, 0.29) is 0 Å². The first kappa shape index (κ1) is 16.4. The minimum absolute atomic E-state index is 0.600. The van der Waals surface area contributed by atoms with Crippen molar-refractivity contribution in [2.75, 3.05) is 18.0 Å². The third-order valence-corrected chi connectivity index (χ3v) is 3.68.